The number of halogens is 1. The van der Waals surface area contributed by atoms with Gasteiger partial charge in [-0.1, -0.05) is 12.1 Å². The van der Waals surface area contributed by atoms with Gasteiger partial charge in [-0.25, -0.2) is 13.1 Å². The fraction of sp³-hybridized carbons (Fsp3) is 0.571. The average molecular weight is 318 g/mol. The molecule has 0 bridgehead atoms. The molecule has 0 aliphatic carbocycles. The van der Waals surface area contributed by atoms with Crippen molar-refractivity contribution in [3.63, 3.8) is 0 Å². The third-order valence-corrected chi connectivity index (χ3v) is 5.16. The van der Waals surface area contributed by atoms with Gasteiger partial charge in [-0.3, -0.25) is 0 Å². The Balaban J connectivity index is 2.02. The Hall–Kier alpha value is -0.620. The van der Waals surface area contributed by atoms with Crippen molar-refractivity contribution >= 4 is 21.6 Å². The number of ether oxygens (including phenoxy) is 1. The number of alkyl halides is 1. The molecule has 0 radical (unpaired) electrons. The van der Waals surface area contributed by atoms with E-state index in [9.17, 15) is 8.42 Å². The van der Waals surface area contributed by atoms with E-state index in [2.05, 4.69) is 4.72 Å². The van der Waals surface area contributed by atoms with Gasteiger partial charge in [0.1, 0.15) is 0 Å². The van der Waals surface area contributed by atoms with Gasteiger partial charge in [0.15, 0.2) is 0 Å². The molecule has 112 valence electrons. The first-order valence-electron chi connectivity index (χ1n) is 6.74. The maximum Gasteiger partial charge on any atom is 0.240 e. The van der Waals surface area contributed by atoms with Crippen molar-refractivity contribution < 1.29 is 13.2 Å². The van der Waals surface area contributed by atoms with Gasteiger partial charge >= 0.3 is 0 Å². The summed E-state index contributed by atoms with van der Waals surface area (Å²) in [6, 6.07) is 6.82. The maximum atomic E-state index is 12.2. The van der Waals surface area contributed by atoms with Crippen LogP contribution in [0, 0.1) is 0 Å². The van der Waals surface area contributed by atoms with Crippen molar-refractivity contribution in [2.45, 2.75) is 36.7 Å². The molecule has 2 rings (SSSR count). The third-order valence-electron chi connectivity index (χ3n) is 3.55. The van der Waals surface area contributed by atoms with Crippen molar-refractivity contribution in [1.29, 1.82) is 0 Å². The number of aryl methyl sites for hydroxylation is 1. The zero-order valence-electron chi connectivity index (χ0n) is 11.6. The smallest absolute Gasteiger partial charge is 0.240 e. The zero-order valence-corrected chi connectivity index (χ0v) is 13.1. The molecule has 4 nitrogen and oxygen atoms in total. The van der Waals surface area contributed by atoms with Crippen molar-refractivity contribution in [2.75, 3.05) is 19.0 Å². The zero-order chi connectivity index (χ0) is 14.6. The molecule has 1 aliphatic rings. The Bertz CT molecular complexity index is 536. The molecule has 1 aromatic rings. The highest BCUT2D eigenvalue weighted by atomic mass is 35.5. The molecule has 0 spiro atoms. The molecule has 1 N–H and O–H groups in total. The molecule has 6 heteroatoms. The van der Waals surface area contributed by atoms with Crippen LogP contribution in [0.4, 0.5) is 0 Å². The number of hydrogen-bond acceptors (Lipinski definition) is 3. The summed E-state index contributed by atoms with van der Waals surface area (Å²) in [6.07, 6.45) is 2.59. The predicted octanol–water partition coefficient (Wildman–Crippen LogP) is 2.32. The Morgan fingerprint density at radius 3 is 2.60 bits per heavy atom. The van der Waals surface area contributed by atoms with Gasteiger partial charge in [-0.15, -0.1) is 11.6 Å². The van der Waals surface area contributed by atoms with Gasteiger partial charge in [0.2, 0.25) is 10.0 Å². The topological polar surface area (TPSA) is 55.4 Å². The fourth-order valence-electron chi connectivity index (χ4n) is 2.25. The van der Waals surface area contributed by atoms with Crippen molar-refractivity contribution in [2.24, 2.45) is 0 Å². The van der Waals surface area contributed by atoms with E-state index >= 15 is 0 Å². The molecule has 1 aliphatic heterocycles. The van der Waals surface area contributed by atoms with Crippen molar-refractivity contribution in [3.05, 3.63) is 29.8 Å². The van der Waals surface area contributed by atoms with Crippen molar-refractivity contribution in [1.82, 2.24) is 4.72 Å². The van der Waals surface area contributed by atoms with E-state index in [-0.39, 0.29) is 10.5 Å². The second-order valence-corrected chi connectivity index (χ2v) is 7.45. The second kappa shape index (κ2) is 6.43. The minimum atomic E-state index is -3.48. The number of hydrogen-bond donors (Lipinski definition) is 1. The summed E-state index contributed by atoms with van der Waals surface area (Å²) in [6.45, 7) is 2.94. The van der Waals surface area contributed by atoms with Crippen LogP contribution in [0.3, 0.4) is 0 Å². The van der Waals surface area contributed by atoms with Gasteiger partial charge in [0.25, 0.3) is 0 Å². The van der Waals surface area contributed by atoms with E-state index < -0.39 is 10.0 Å². The predicted molar refractivity (Wildman–Crippen MR) is 79.6 cm³/mol. The normalized spacial score (nSPS) is 23.1. The second-order valence-electron chi connectivity index (χ2n) is 5.31. The van der Waals surface area contributed by atoms with E-state index in [1.54, 1.807) is 24.3 Å². The molecule has 1 fully saturated rings. The molecule has 20 heavy (non-hydrogen) atoms. The molecular weight excluding hydrogens is 298 g/mol. The maximum absolute atomic E-state index is 12.2. The van der Waals surface area contributed by atoms with Crippen molar-refractivity contribution in [3.8, 4) is 0 Å². The summed E-state index contributed by atoms with van der Waals surface area (Å²) >= 11 is 5.66. The van der Waals surface area contributed by atoms with Gasteiger partial charge in [-0.05, 0) is 43.9 Å². The minimum absolute atomic E-state index is 0.275. The molecule has 0 aromatic heterocycles. The Morgan fingerprint density at radius 2 is 2.05 bits per heavy atom. The lowest BCUT2D eigenvalue weighted by Gasteiger charge is -2.23. The van der Waals surface area contributed by atoms with E-state index in [0.29, 0.717) is 19.0 Å². The first-order chi connectivity index (χ1) is 9.45. The lowest BCUT2D eigenvalue weighted by Crippen LogP contribution is -2.40. The monoisotopic (exact) mass is 317 g/mol. The van der Waals surface area contributed by atoms with Crippen LogP contribution in [0.5, 0.6) is 0 Å². The Labute approximate surface area is 125 Å². The van der Waals surface area contributed by atoms with Crippen LogP contribution < -0.4 is 4.72 Å². The van der Waals surface area contributed by atoms with E-state index in [0.717, 1.165) is 24.8 Å². The molecule has 0 amide bonds. The quantitative estimate of drug-likeness (QED) is 0.819. The summed E-state index contributed by atoms with van der Waals surface area (Å²) in [4.78, 5) is 0.275. The summed E-state index contributed by atoms with van der Waals surface area (Å²) < 4.78 is 32.6. The van der Waals surface area contributed by atoms with E-state index in [1.807, 2.05) is 6.92 Å². The summed E-state index contributed by atoms with van der Waals surface area (Å²) in [5.41, 5.74) is 0.649. The Morgan fingerprint density at radius 1 is 1.35 bits per heavy atom. The van der Waals surface area contributed by atoms with Crippen LogP contribution in [-0.4, -0.2) is 33.1 Å². The lowest BCUT2D eigenvalue weighted by atomic mass is 10.0. The van der Waals surface area contributed by atoms with Gasteiger partial charge in [0.05, 0.1) is 10.5 Å². The highest BCUT2D eigenvalue weighted by Crippen LogP contribution is 2.24. The lowest BCUT2D eigenvalue weighted by molar-refractivity contribution is 0.0250. The molecule has 1 heterocycles. The van der Waals surface area contributed by atoms with Crippen LogP contribution in [0.2, 0.25) is 0 Å². The SMILES string of the molecule is CC1(CNS(=O)(=O)c2ccc(CCCl)cc2)CCCO1. The number of nitrogens with one attached hydrogen (secondary N) is 1. The largest absolute Gasteiger partial charge is 0.374 e. The average Bonchev–Trinajstić information content (AvgIpc) is 2.85. The molecule has 1 saturated heterocycles. The number of benzene rings is 1. The summed E-state index contributed by atoms with van der Waals surface area (Å²) in [5, 5.41) is 0. The standard InChI is InChI=1S/C14H20ClNO3S/c1-14(8-2-10-19-14)11-16-20(17,18)13-5-3-12(4-6-13)7-9-15/h3-6,16H,2,7-11H2,1H3. The minimum Gasteiger partial charge on any atom is -0.374 e. The van der Waals surface area contributed by atoms with Crippen LogP contribution in [-0.2, 0) is 21.2 Å². The van der Waals surface area contributed by atoms with Crippen LogP contribution in [0.15, 0.2) is 29.2 Å². The fourth-order valence-corrected chi connectivity index (χ4v) is 3.63. The molecular formula is C14H20ClNO3S. The molecule has 1 aromatic carbocycles. The first kappa shape index (κ1) is 15.8. The molecule has 1 atom stereocenters. The summed E-state index contributed by atoms with van der Waals surface area (Å²) in [5.74, 6) is 0.528. The van der Waals surface area contributed by atoms with Crippen LogP contribution in [0.25, 0.3) is 0 Å². The first-order valence-corrected chi connectivity index (χ1v) is 8.75. The highest BCUT2D eigenvalue weighted by molar-refractivity contribution is 7.89. The molecule has 0 saturated carbocycles. The molecule has 1 unspecified atom stereocenters. The Kier molecular flexibility index (Phi) is 5.07. The van der Waals surface area contributed by atoms with E-state index in [4.69, 9.17) is 16.3 Å². The third kappa shape index (κ3) is 3.95. The van der Waals surface area contributed by atoms with Crippen LogP contribution >= 0.6 is 11.6 Å². The van der Waals surface area contributed by atoms with Gasteiger partial charge in [-0.2, -0.15) is 0 Å². The summed E-state index contributed by atoms with van der Waals surface area (Å²) in [7, 11) is -3.48. The van der Waals surface area contributed by atoms with Gasteiger partial charge < -0.3 is 4.74 Å². The number of sulfonamides is 1. The highest BCUT2D eigenvalue weighted by Gasteiger charge is 2.31. The van der Waals surface area contributed by atoms with E-state index in [1.165, 1.54) is 0 Å². The number of rotatable bonds is 6. The van der Waals surface area contributed by atoms with Crippen LogP contribution in [0.1, 0.15) is 25.3 Å². The van der Waals surface area contributed by atoms with Gasteiger partial charge in [0, 0.05) is 19.0 Å².